The van der Waals surface area contributed by atoms with Gasteiger partial charge in [-0.3, -0.25) is 10.0 Å². The van der Waals surface area contributed by atoms with Crippen LogP contribution in [0, 0.1) is 0 Å². The van der Waals surface area contributed by atoms with E-state index >= 15 is 0 Å². The summed E-state index contributed by atoms with van der Waals surface area (Å²) in [5, 5.41) is 10.6. The Morgan fingerprint density at radius 1 is 1.09 bits per heavy atom. The number of amides is 1. The van der Waals surface area contributed by atoms with Gasteiger partial charge >= 0.3 is 6.36 Å². The fourth-order valence-electron chi connectivity index (χ4n) is 3.43. The first kappa shape index (κ1) is 25.9. The van der Waals surface area contributed by atoms with Crippen LogP contribution in [0.2, 0.25) is 0 Å². The van der Waals surface area contributed by atoms with Crippen molar-refractivity contribution in [1.29, 1.82) is 0 Å². The summed E-state index contributed by atoms with van der Waals surface area (Å²) in [5.41, 5.74) is 2.33. The number of rotatable bonds is 9. The Hall–Kier alpha value is -2.67. The maximum atomic E-state index is 13.0. The van der Waals surface area contributed by atoms with E-state index in [-0.39, 0.29) is 18.3 Å². The Morgan fingerprint density at radius 2 is 1.68 bits per heavy atom. The van der Waals surface area contributed by atoms with E-state index in [2.05, 4.69) is 4.74 Å². The van der Waals surface area contributed by atoms with E-state index in [0.29, 0.717) is 31.7 Å². The SMILES string of the molecule is CC(Cc1ccccc1)(C(=O)NO)S(=O)ON1CCC(Oc2ccc(OC(F)(F)F)cc2)CC1. The first-order valence-corrected chi connectivity index (χ1v) is 11.5. The second-order valence-electron chi connectivity index (χ2n) is 7.91. The predicted octanol–water partition coefficient (Wildman–Crippen LogP) is 3.53. The number of alkyl halides is 3. The van der Waals surface area contributed by atoms with Gasteiger partial charge in [0.15, 0.2) is 15.8 Å². The molecule has 1 aliphatic heterocycles. The molecule has 3 rings (SSSR count). The van der Waals surface area contributed by atoms with Crippen LogP contribution in [0.5, 0.6) is 11.5 Å². The van der Waals surface area contributed by atoms with Gasteiger partial charge in [-0.1, -0.05) is 30.3 Å². The molecular weight excluding hydrogens is 477 g/mol. The number of carbonyl (C=O) groups excluding carboxylic acids is 1. The number of nitrogens with one attached hydrogen (secondary N) is 1. The van der Waals surface area contributed by atoms with Gasteiger partial charge in [0.25, 0.3) is 5.91 Å². The number of benzene rings is 2. The molecule has 2 N–H and O–H groups in total. The molecule has 1 fully saturated rings. The molecule has 2 aromatic rings. The molecule has 186 valence electrons. The molecule has 0 spiro atoms. The van der Waals surface area contributed by atoms with Crippen LogP contribution in [0.15, 0.2) is 54.6 Å². The summed E-state index contributed by atoms with van der Waals surface area (Å²) in [6.45, 7) is 2.16. The normalized spacial score (nSPS) is 18.0. The number of halogens is 3. The molecule has 2 unspecified atom stereocenters. The highest BCUT2D eigenvalue weighted by Gasteiger charge is 2.43. The van der Waals surface area contributed by atoms with Crippen LogP contribution >= 0.6 is 0 Å². The molecule has 0 aliphatic carbocycles. The van der Waals surface area contributed by atoms with Gasteiger partial charge < -0.3 is 9.47 Å². The summed E-state index contributed by atoms with van der Waals surface area (Å²) in [4.78, 5) is 12.3. The van der Waals surface area contributed by atoms with Crippen LogP contribution in [0.4, 0.5) is 13.2 Å². The lowest BCUT2D eigenvalue weighted by Crippen LogP contribution is -2.51. The van der Waals surface area contributed by atoms with Gasteiger partial charge in [0.2, 0.25) is 0 Å². The van der Waals surface area contributed by atoms with Gasteiger partial charge in [0.05, 0.1) is 0 Å². The van der Waals surface area contributed by atoms with Crippen LogP contribution in [0.1, 0.15) is 25.3 Å². The van der Waals surface area contributed by atoms with Crippen LogP contribution < -0.4 is 15.0 Å². The van der Waals surface area contributed by atoms with Gasteiger partial charge in [0, 0.05) is 19.5 Å². The zero-order valence-electron chi connectivity index (χ0n) is 18.3. The summed E-state index contributed by atoms with van der Waals surface area (Å²) in [6.07, 6.45) is -3.90. The number of nitrogens with zero attached hydrogens (tertiary/aromatic N) is 1. The number of hydrogen-bond acceptors (Lipinski definition) is 7. The average Bonchev–Trinajstić information content (AvgIpc) is 2.80. The van der Waals surface area contributed by atoms with E-state index in [4.69, 9.17) is 14.2 Å². The number of piperidine rings is 1. The molecule has 2 atom stereocenters. The molecule has 34 heavy (non-hydrogen) atoms. The Bertz CT molecular complexity index is 969. The van der Waals surface area contributed by atoms with Crippen LogP contribution in [-0.2, 0) is 26.6 Å². The van der Waals surface area contributed by atoms with Crippen LogP contribution in [0.25, 0.3) is 0 Å². The smallest absolute Gasteiger partial charge is 0.490 e. The van der Waals surface area contributed by atoms with Crippen molar-refractivity contribution < 1.29 is 41.1 Å². The quantitative estimate of drug-likeness (QED) is 0.400. The molecule has 8 nitrogen and oxygen atoms in total. The third-order valence-corrected chi connectivity index (χ3v) is 6.68. The molecule has 1 heterocycles. The summed E-state index contributed by atoms with van der Waals surface area (Å²) < 4.78 is 63.5. The fraction of sp³-hybridized carbons (Fsp3) is 0.409. The standard InChI is InChI=1S/C22H25F3N2O6S/c1-21(20(28)26-29,15-16-5-3-2-4-6-16)34(30)33-27-13-11-18(12-14-27)31-17-7-9-19(10-8-17)32-22(23,24)25/h2-10,18,29H,11-15H2,1H3,(H,26,28). The summed E-state index contributed by atoms with van der Waals surface area (Å²) in [5.74, 6) is -0.769. The first-order chi connectivity index (χ1) is 16.1. The highest BCUT2D eigenvalue weighted by Crippen LogP contribution is 2.27. The van der Waals surface area contributed by atoms with Gasteiger partial charge in [-0.25, -0.2) is 9.69 Å². The van der Waals surface area contributed by atoms with Crippen molar-refractivity contribution >= 4 is 17.0 Å². The van der Waals surface area contributed by atoms with E-state index in [1.54, 1.807) is 29.7 Å². The highest BCUT2D eigenvalue weighted by molar-refractivity contribution is 7.82. The number of hydroxylamine groups is 3. The minimum Gasteiger partial charge on any atom is -0.490 e. The van der Waals surface area contributed by atoms with E-state index in [9.17, 15) is 22.2 Å². The molecular formula is C22H25F3N2O6S. The molecule has 2 aromatic carbocycles. The summed E-state index contributed by atoms with van der Waals surface area (Å²) >= 11 is -2.10. The van der Waals surface area contributed by atoms with Gasteiger partial charge in [-0.05, 0) is 49.6 Å². The molecule has 1 saturated heterocycles. The molecule has 0 aromatic heterocycles. The van der Waals surface area contributed by atoms with Crippen molar-refractivity contribution in [1.82, 2.24) is 10.5 Å². The van der Waals surface area contributed by atoms with E-state index in [0.717, 1.165) is 5.56 Å². The van der Waals surface area contributed by atoms with Crippen molar-refractivity contribution in [2.24, 2.45) is 0 Å². The zero-order chi connectivity index (χ0) is 24.8. The number of ether oxygens (including phenoxy) is 2. The Labute approximate surface area is 197 Å². The Morgan fingerprint density at radius 3 is 2.24 bits per heavy atom. The van der Waals surface area contributed by atoms with Crippen LogP contribution in [0.3, 0.4) is 0 Å². The van der Waals surface area contributed by atoms with Crippen molar-refractivity contribution in [2.45, 2.75) is 43.4 Å². The lowest BCUT2D eigenvalue weighted by atomic mass is 10.00. The largest absolute Gasteiger partial charge is 0.573 e. The van der Waals surface area contributed by atoms with Gasteiger partial charge in [0.1, 0.15) is 17.6 Å². The molecule has 1 aliphatic rings. The average molecular weight is 503 g/mol. The van der Waals surface area contributed by atoms with E-state index < -0.39 is 28.1 Å². The van der Waals surface area contributed by atoms with Crippen molar-refractivity contribution in [2.75, 3.05) is 13.1 Å². The second kappa shape index (κ2) is 11.2. The maximum absolute atomic E-state index is 13.0. The molecule has 0 bridgehead atoms. The van der Waals surface area contributed by atoms with Gasteiger partial charge in [-0.2, -0.15) is 9.35 Å². The van der Waals surface area contributed by atoms with Crippen molar-refractivity contribution in [3.63, 3.8) is 0 Å². The fourth-order valence-corrected chi connectivity index (χ4v) is 4.42. The monoisotopic (exact) mass is 502 g/mol. The Kier molecular flexibility index (Phi) is 8.52. The van der Waals surface area contributed by atoms with Crippen molar-refractivity contribution in [3.05, 3.63) is 60.2 Å². The first-order valence-electron chi connectivity index (χ1n) is 10.5. The third kappa shape index (κ3) is 7.16. The second-order valence-corrected chi connectivity index (χ2v) is 9.43. The van der Waals surface area contributed by atoms with Crippen molar-refractivity contribution in [3.8, 4) is 11.5 Å². The molecule has 12 heteroatoms. The summed E-state index contributed by atoms with van der Waals surface area (Å²) in [6, 6.07) is 14.1. The zero-order valence-corrected chi connectivity index (χ0v) is 19.1. The van der Waals surface area contributed by atoms with E-state index in [1.807, 2.05) is 6.07 Å². The topological polar surface area (TPSA) is 97.3 Å². The lowest BCUT2D eigenvalue weighted by molar-refractivity contribution is -0.274. The molecule has 0 radical (unpaired) electrons. The summed E-state index contributed by atoms with van der Waals surface area (Å²) in [7, 11) is 0. The number of carbonyl (C=O) groups is 1. The minimum atomic E-state index is -4.76. The highest BCUT2D eigenvalue weighted by atomic mass is 32.2. The maximum Gasteiger partial charge on any atom is 0.573 e. The molecule has 1 amide bonds. The van der Waals surface area contributed by atoms with Gasteiger partial charge in [-0.15, -0.1) is 13.2 Å². The molecule has 0 saturated carbocycles. The lowest BCUT2D eigenvalue weighted by Gasteiger charge is -2.33. The Balaban J connectivity index is 1.53. The minimum absolute atomic E-state index is 0.0838. The third-order valence-electron chi connectivity index (χ3n) is 5.27. The number of hydrogen-bond donors (Lipinski definition) is 2. The predicted molar refractivity (Wildman–Crippen MR) is 116 cm³/mol. The van der Waals surface area contributed by atoms with Crippen LogP contribution in [-0.4, -0.2) is 50.7 Å². The van der Waals surface area contributed by atoms with E-state index in [1.165, 1.54) is 36.3 Å².